The maximum absolute atomic E-state index is 13.0. The Hall–Kier alpha value is -1.71. The molecule has 1 aliphatic carbocycles. The fourth-order valence-corrected chi connectivity index (χ4v) is 5.66. The molecule has 0 aromatic carbocycles. The number of hydrogen-bond acceptors (Lipinski definition) is 7. The molecule has 2 saturated heterocycles. The van der Waals surface area contributed by atoms with E-state index >= 15 is 0 Å². The van der Waals surface area contributed by atoms with E-state index in [2.05, 4.69) is 15.1 Å². The standard InChI is InChI=1S/C19H26N4O4S/c24-28(25,23-10-6-16(7-11-23)22-8-2-1-3-9-22)17-12-15(13-26-17)19-21-20-18(27-19)14-4-5-14/h12-14,16H,1-11H2. The van der Waals surface area contributed by atoms with Crippen LogP contribution in [0.15, 0.2) is 26.3 Å². The highest BCUT2D eigenvalue weighted by Gasteiger charge is 2.34. The Balaban J connectivity index is 1.26. The third-order valence-corrected chi connectivity index (χ3v) is 7.88. The molecule has 3 fully saturated rings. The fraction of sp³-hybridized carbons (Fsp3) is 0.684. The third kappa shape index (κ3) is 3.51. The van der Waals surface area contributed by atoms with Crippen LogP contribution in [-0.2, 0) is 10.0 Å². The summed E-state index contributed by atoms with van der Waals surface area (Å²) in [6.45, 7) is 3.36. The summed E-state index contributed by atoms with van der Waals surface area (Å²) < 4.78 is 38.6. The van der Waals surface area contributed by atoms with E-state index < -0.39 is 10.0 Å². The third-order valence-electron chi connectivity index (χ3n) is 6.11. The van der Waals surface area contributed by atoms with Crippen LogP contribution in [0.3, 0.4) is 0 Å². The molecule has 0 amide bonds. The Morgan fingerprint density at radius 2 is 1.71 bits per heavy atom. The maximum Gasteiger partial charge on any atom is 0.276 e. The van der Waals surface area contributed by atoms with E-state index in [4.69, 9.17) is 8.83 Å². The van der Waals surface area contributed by atoms with E-state index in [1.165, 1.54) is 31.6 Å². The molecule has 152 valence electrons. The molecule has 0 N–H and O–H groups in total. The Morgan fingerprint density at radius 3 is 2.43 bits per heavy atom. The molecule has 3 aliphatic rings. The summed E-state index contributed by atoms with van der Waals surface area (Å²) in [5.74, 6) is 1.30. The van der Waals surface area contributed by atoms with Crippen molar-refractivity contribution in [3.05, 3.63) is 18.2 Å². The van der Waals surface area contributed by atoms with E-state index in [1.807, 2.05) is 0 Å². The lowest BCUT2D eigenvalue weighted by Crippen LogP contribution is -2.48. The smallest absolute Gasteiger partial charge is 0.276 e. The summed E-state index contributed by atoms with van der Waals surface area (Å²) in [7, 11) is -3.64. The molecule has 0 bridgehead atoms. The molecule has 0 spiro atoms. The average Bonchev–Trinajstić information content (AvgIpc) is 3.25. The molecule has 2 aliphatic heterocycles. The zero-order valence-electron chi connectivity index (χ0n) is 15.9. The zero-order valence-corrected chi connectivity index (χ0v) is 16.7. The maximum atomic E-state index is 13.0. The van der Waals surface area contributed by atoms with Gasteiger partial charge in [-0.1, -0.05) is 6.42 Å². The van der Waals surface area contributed by atoms with Gasteiger partial charge in [0.25, 0.3) is 15.9 Å². The van der Waals surface area contributed by atoms with Crippen LogP contribution in [0, 0.1) is 0 Å². The molecule has 0 unspecified atom stereocenters. The molecular weight excluding hydrogens is 380 g/mol. The van der Waals surface area contributed by atoms with Crippen LogP contribution in [0.1, 0.15) is 56.8 Å². The van der Waals surface area contributed by atoms with Crippen molar-refractivity contribution < 1.29 is 17.3 Å². The lowest BCUT2D eigenvalue weighted by Gasteiger charge is -2.39. The molecule has 8 nitrogen and oxygen atoms in total. The van der Waals surface area contributed by atoms with Gasteiger partial charge < -0.3 is 13.7 Å². The number of piperidine rings is 2. The normalized spacial score (nSPS) is 23.3. The number of rotatable bonds is 5. The first-order valence-corrected chi connectivity index (χ1v) is 11.7. The topological polar surface area (TPSA) is 92.7 Å². The van der Waals surface area contributed by atoms with Gasteiger partial charge in [0, 0.05) is 31.1 Å². The van der Waals surface area contributed by atoms with Crippen LogP contribution < -0.4 is 0 Å². The average molecular weight is 407 g/mol. The van der Waals surface area contributed by atoms with Gasteiger partial charge in [-0.2, -0.15) is 4.31 Å². The number of aromatic nitrogens is 2. The second-order valence-corrected chi connectivity index (χ2v) is 9.97. The van der Waals surface area contributed by atoms with Crippen LogP contribution >= 0.6 is 0 Å². The number of likely N-dealkylation sites (tertiary alicyclic amines) is 1. The fourth-order valence-electron chi connectivity index (χ4n) is 4.27. The monoisotopic (exact) mass is 406 g/mol. The predicted molar refractivity (Wildman–Crippen MR) is 101 cm³/mol. The van der Waals surface area contributed by atoms with Crippen molar-refractivity contribution in [3.63, 3.8) is 0 Å². The SMILES string of the molecule is O=S(=O)(c1cc(-c2nnc(C3CC3)o2)co1)N1CCC(N2CCCCC2)CC1. The van der Waals surface area contributed by atoms with Gasteiger partial charge in [0.1, 0.15) is 6.26 Å². The molecule has 0 radical (unpaired) electrons. The van der Waals surface area contributed by atoms with Crippen molar-refractivity contribution in [3.8, 4) is 11.5 Å². The molecule has 0 atom stereocenters. The number of hydrogen-bond donors (Lipinski definition) is 0. The number of nitrogens with zero attached hydrogens (tertiary/aromatic N) is 4. The molecule has 9 heteroatoms. The summed E-state index contributed by atoms with van der Waals surface area (Å²) >= 11 is 0. The molecule has 1 saturated carbocycles. The molecule has 4 heterocycles. The Bertz CT molecular complexity index is 919. The van der Waals surface area contributed by atoms with Crippen molar-refractivity contribution in [2.75, 3.05) is 26.2 Å². The van der Waals surface area contributed by atoms with Crippen LogP contribution in [0.25, 0.3) is 11.5 Å². The molecule has 2 aromatic rings. The molecule has 5 rings (SSSR count). The van der Waals surface area contributed by atoms with E-state index in [-0.39, 0.29) is 5.09 Å². The first-order valence-electron chi connectivity index (χ1n) is 10.3. The van der Waals surface area contributed by atoms with Gasteiger partial charge in [-0.3, -0.25) is 0 Å². The van der Waals surface area contributed by atoms with Crippen molar-refractivity contribution in [1.29, 1.82) is 0 Å². The Morgan fingerprint density at radius 1 is 0.964 bits per heavy atom. The number of sulfonamides is 1. The minimum atomic E-state index is -3.64. The van der Waals surface area contributed by atoms with Gasteiger partial charge in [-0.15, -0.1) is 10.2 Å². The van der Waals surface area contributed by atoms with Crippen LogP contribution in [0.5, 0.6) is 0 Å². The quantitative estimate of drug-likeness (QED) is 0.754. The minimum Gasteiger partial charge on any atom is -0.451 e. The lowest BCUT2D eigenvalue weighted by atomic mass is 10.0. The van der Waals surface area contributed by atoms with Crippen molar-refractivity contribution in [2.24, 2.45) is 0 Å². The first-order chi connectivity index (χ1) is 13.6. The lowest BCUT2D eigenvalue weighted by molar-refractivity contribution is 0.117. The predicted octanol–water partition coefficient (Wildman–Crippen LogP) is 2.85. The summed E-state index contributed by atoms with van der Waals surface area (Å²) in [5.41, 5.74) is 0.515. The Labute approximate surface area is 164 Å². The second kappa shape index (κ2) is 7.27. The Kier molecular flexibility index (Phi) is 4.76. The van der Waals surface area contributed by atoms with Crippen LogP contribution in [0.4, 0.5) is 0 Å². The van der Waals surface area contributed by atoms with Gasteiger partial charge in [0.05, 0.1) is 5.56 Å². The van der Waals surface area contributed by atoms with Gasteiger partial charge in [-0.25, -0.2) is 8.42 Å². The van der Waals surface area contributed by atoms with E-state index in [0.717, 1.165) is 38.8 Å². The second-order valence-electron chi connectivity index (χ2n) is 8.11. The summed E-state index contributed by atoms with van der Waals surface area (Å²) in [4.78, 5) is 2.53. The van der Waals surface area contributed by atoms with Crippen molar-refractivity contribution >= 4 is 10.0 Å². The van der Waals surface area contributed by atoms with Gasteiger partial charge in [-0.05, 0) is 51.6 Å². The van der Waals surface area contributed by atoms with Crippen LogP contribution in [-0.4, -0.2) is 60.0 Å². The van der Waals surface area contributed by atoms with E-state index in [0.29, 0.717) is 42.4 Å². The largest absolute Gasteiger partial charge is 0.451 e. The van der Waals surface area contributed by atoms with Crippen molar-refractivity contribution in [1.82, 2.24) is 19.4 Å². The summed E-state index contributed by atoms with van der Waals surface area (Å²) in [6, 6.07) is 1.99. The highest BCUT2D eigenvalue weighted by molar-refractivity contribution is 7.89. The van der Waals surface area contributed by atoms with E-state index in [9.17, 15) is 8.42 Å². The molecule has 28 heavy (non-hydrogen) atoms. The van der Waals surface area contributed by atoms with Gasteiger partial charge >= 0.3 is 0 Å². The van der Waals surface area contributed by atoms with E-state index in [1.54, 1.807) is 4.31 Å². The first kappa shape index (κ1) is 18.3. The highest BCUT2D eigenvalue weighted by atomic mass is 32.2. The molecule has 2 aromatic heterocycles. The van der Waals surface area contributed by atoms with Crippen molar-refractivity contribution in [2.45, 2.75) is 62.0 Å². The highest BCUT2D eigenvalue weighted by Crippen LogP contribution is 2.40. The minimum absolute atomic E-state index is 0.0508. The summed E-state index contributed by atoms with van der Waals surface area (Å²) in [5, 5.41) is 8.02. The molecular formula is C19H26N4O4S. The van der Waals surface area contributed by atoms with Gasteiger partial charge in [0.2, 0.25) is 11.0 Å². The zero-order chi connectivity index (χ0) is 19.1. The number of furan rings is 1. The van der Waals surface area contributed by atoms with Gasteiger partial charge in [0.15, 0.2) is 0 Å². The van der Waals surface area contributed by atoms with Crippen LogP contribution in [0.2, 0.25) is 0 Å². The summed E-state index contributed by atoms with van der Waals surface area (Å²) in [6.07, 6.45) is 9.10.